The van der Waals surface area contributed by atoms with Crippen LogP contribution in [0.2, 0.25) is 0 Å². The Morgan fingerprint density at radius 3 is 2.96 bits per heavy atom. The molecule has 0 spiro atoms. The van der Waals surface area contributed by atoms with E-state index in [2.05, 4.69) is 15.0 Å². The van der Waals surface area contributed by atoms with Gasteiger partial charge in [-0.3, -0.25) is 19.7 Å². The van der Waals surface area contributed by atoms with Crippen molar-refractivity contribution in [2.24, 2.45) is 5.92 Å². The molecule has 120 valence electrons. The van der Waals surface area contributed by atoms with Gasteiger partial charge in [0.05, 0.1) is 18.9 Å². The van der Waals surface area contributed by atoms with E-state index in [1.54, 1.807) is 42.7 Å². The summed E-state index contributed by atoms with van der Waals surface area (Å²) >= 11 is 0. The Bertz CT molecular complexity index is 680. The van der Waals surface area contributed by atoms with Gasteiger partial charge in [0.25, 0.3) is 5.91 Å². The summed E-state index contributed by atoms with van der Waals surface area (Å²) in [6.07, 6.45) is 6.46. The van der Waals surface area contributed by atoms with E-state index >= 15 is 0 Å². The number of aliphatic hydroxyl groups is 1. The van der Waals surface area contributed by atoms with Gasteiger partial charge in [-0.25, -0.2) is 0 Å². The Morgan fingerprint density at radius 1 is 1.35 bits per heavy atom. The molecule has 23 heavy (non-hydrogen) atoms. The molecule has 0 aromatic carbocycles. The quantitative estimate of drug-likeness (QED) is 0.887. The highest BCUT2D eigenvalue weighted by Crippen LogP contribution is 2.22. The monoisotopic (exact) mass is 314 g/mol. The third kappa shape index (κ3) is 3.45. The van der Waals surface area contributed by atoms with Crippen molar-refractivity contribution < 1.29 is 14.6 Å². The molecule has 0 radical (unpaired) electrons. The van der Waals surface area contributed by atoms with Crippen LogP contribution in [0.25, 0.3) is 0 Å². The first-order valence-corrected chi connectivity index (χ1v) is 7.39. The predicted octanol–water partition coefficient (Wildman–Crippen LogP) is 0.556. The lowest BCUT2D eigenvalue weighted by molar-refractivity contribution is 0.0758. The van der Waals surface area contributed by atoms with Gasteiger partial charge in [-0.05, 0) is 12.5 Å². The second-order valence-corrected chi connectivity index (χ2v) is 5.52. The maximum Gasteiger partial charge on any atom is 0.272 e. The third-order valence-corrected chi connectivity index (χ3v) is 3.97. The van der Waals surface area contributed by atoms with Crippen LogP contribution in [0, 0.1) is 5.92 Å². The molecule has 1 amide bonds. The van der Waals surface area contributed by atoms with Crippen molar-refractivity contribution >= 4 is 5.91 Å². The Balaban J connectivity index is 1.69. The number of β-amino-alcohol motifs (C(OH)–C–C–N with tert-alkyl or cyclic N) is 1. The number of amides is 1. The molecule has 3 heterocycles. The van der Waals surface area contributed by atoms with Crippen molar-refractivity contribution in [2.45, 2.75) is 12.5 Å². The minimum Gasteiger partial charge on any atom is -0.497 e. The molecule has 2 atom stereocenters. The number of hydrogen-bond acceptors (Lipinski definition) is 6. The van der Waals surface area contributed by atoms with Gasteiger partial charge in [-0.15, -0.1) is 0 Å². The summed E-state index contributed by atoms with van der Waals surface area (Å²) in [4.78, 5) is 26.5. The van der Waals surface area contributed by atoms with Crippen molar-refractivity contribution in [2.75, 3.05) is 20.2 Å². The molecular weight excluding hydrogens is 296 g/mol. The summed E-state index contributed by atoms with van der Waals surface area (Å²) < 4.78 is 5.11. The largest absolute Gasteiger partial charge is 0.497 e. The fraction of sp³-hybridized carbons (Fsp3) is 0.375. The molecule has 7 nitrogen and oxygen atoms in total. The number of pyridine rings is 1. The number of rotatable bonds is 4. The maximum atomic E-state index is 12.5. The minimum atomic E-state index is -0.577. The van der Waals surface area contributed by atoms with E-state index in [9.17, 15) is 9.90 Å². The molecule has 2 aromatic heterocycles. The molecule has 7 heteroatoms. The van der Waals surface area contributed by atoms with Crippen LogP contribution in [0.1, 0.15) is 16.2 Å². The van der Waals surface area contributed by atoms with Gasteiger partial charge < -0.3 is 14.7 Å². The third-order valence-electron chi connectivity index (χ3n) is 3.97. The van der Waals surface area contributed by atoms with Crippen LogP contribution in [0.15, 0.2) is 36.9 Å². The second kappa shape index (κ2) is 6.70. The van der Waals surface area contributed by atoms with Gasteiger partial charge in [-0.1, -0.05) is 0 Å². The highest BCUT2D eigenvalue weighted by molar-refractivity contribution is 5.92. The molecule has 0 bridgehead atoms. The lowest BCUT2D eigenvalue weighted by Gasteiger charge is -2.15. The van der Waals surface area contributed by atoms with E-state index in [1.165, 1.54) is 6.20 Å². The lowest BCUT2D eigenvalue weighted by Crippen LogP contribution is -2.30. The number of aliphatic hydroxyl groups excluding tert-OH is 1. The van der Waals surface area contributed by atoms with Crippen LogP contribution >= 0.6 is 0 Å². The van der Waals surface area contributed by atoms with Crippen LogP contribution in [-0.4, -0.2) is 57.2 Å². The van der Waals surface area contributed by atoms with Gasteiger partial charge in [0, 0.05) is 49.9 Å². The fourth-order valence-electron chi connectivity index (χ4n) is 2.74. The van der Waals surface area contributed by atoms with E-state index in [4.69, 9.17) is 4.74 Å². The zero-order valence-corrected chi connectivity index (χ0v) is 12.8. The molecule has 3 rings (SSSR count). The first kappa shape index (κ1) is 15.4. The summed E-state index contributed by atoms with van der Waals surface area (Å²) in [7, 11) is 1.54. The molecule has 1 aliphatic rings. The Labute approximate surface area is 134 Å². The number of aromatic nitrogens is 3. The molecular formula is C16H18N4O3. The Kier molecular flexibility index (Phi) is 4.47. The van der Waals surface area contributed by atoms with Crippen molar-refractivity contribution in [1.29, 1.82) is 0 Å². The topological polar surface area (TPSA) is 88.4 Å². The second-order valence-electron chi connectivity index (χ2n) is 5.52. The zero-order chi connectivity index (χ0) is 16.2. The van der Waals surface area contributed by atoms with Crippen LogP contribution in [0.3, 0.4) is 0 Å². The SMILES string of the molecule is COc1ccnc(C(=O)N2C[C@@H](Cc3cnccn3)[C@H](O)C2)c1. The molecule has 1 fully saturated rings. The van der Waals surface area contributed by atoms with E-state index in [-0.39, 0.29) is 11.8 Å². The number of carbonyl (C=O) groups is 1. The van der Waals surface area contributed by atoms with Crippen LogP contribution in [0.5, 0.6) is 5.75 Å². The maximum absolute atomic E-state index is 12.5. The molecule has 2 aromatic rings. The van der Waals surface area contributed by atoms with Gasteiger partial charge in [0.2, 0.25) is 0 Å². The standard InChI is InChI=1S/C16H18N4O3/c1-23-13-2-3-19-14(7-13)16(22)20-9-11(15(21)10-20)6-12-8-17-4-5-18-12/h2-5,7-8,11,15,21H,6,9-10H2,1H3/t11-,15-/m1/s1. The van der Waals surface area contributed by atoms with E-state index < -0.39 is 6.10 Å². The van der Waals surface area contributed by atoms with E-state index in [0.717, 1.165) is 5.69 Å². The molecule has 1 N–H and O–H groups in total. The normalized spacial score (nSPS) is 20.5. The van der Waals surface area contributed by atoms with E-state index in [1.807, 2.05) is 0 Å². The number of hydrogen-bond donors (Lipinski definition) is 1. The van der Waals surface area contributed by atoms with Crippen molar-refractivity contribution in [3.8, 4) is 5.75 Å². The van der Waals surface area contributed by atoms with Gasteiger partial charge in [0.15, 0.2) is 0 Å². The number of methoxy groups -OCH3 is 1. The molecule has 1 aliphatic heterocycles. The van der Waals surface area contributed by atoms with Gasteiger partial charge in [0.1, 0.15) is 11.4 Å². The summed E-state index contributed by atoms with van der Waals surface area (Å²) in [6, 6.07) is 3.29. The van der Waals surface area contributed by atoms with Crippen LogP contribution in [-0.2, 0) is 6.42 Å². The summed E-state index contributed by atoms with van der Waals surface area (Å²) in [5.74, 6) is 0.324. The number of likely N-dealkylation sites (tertiary alicyclic amines) is 1. The van der Waals surface area contributed by atoms with Crippen LogP contribution in [0.4, 0.5) is 0 Å². The summed E-state index contributed by atoms with van der Waals surface area (Å²) in [6.45, 7) is 0.762. The first-order chi connectivity index (χ1) is 11.2. The smallest absolute Gasteiger partial charge is 0.272 e. The predicted molar refractivity (Wildman–Crippen MR) is 81.9 cm³/mol. The van der Waals surface area contributed by atoms with Crippen molar-refractivity contribution in [1.82, 2.24) is 19.9 Å². The van der Waals surface area contributed by atoms with E-state index in [0.29, 0.717) is 31.0 Å². The minimum absolute atomic E-state index is 0.0544. The summed E-state index contributed by atoms with van der Waals surface area (Å²) in [5.41, 5.74) is 1.13. The van der Waals surface area contributed by atoms with Crippen molar-refractivity contribution in [3.05, 3.63) is 48.3 Å². The molecule has 0 aliphatic carbocycles. The number of carbonyl (C=O) groups excluding carboxylic acids is 1. The first-order valence-electron chi connectivity index (χ1n) is 7.39. The number of ether oxygens (including phenoxy) is 1. The zero-order valence-electron chi connectivity index (χ0n) is 12.8. The van der Waals surface area contributed by atoms with Gasteiger partial charge >= 0.3 is 0 Å². The molecule has 0 saturated carbocycles. The Hall–Kier alpha value is -2.54. The molecule has 1 saturated heterocycles. The highest BCUT2D eigenvalue weighted by Gasteiger charge is 2.35. The average molecular weight is 314 g/mol. The molecule has 0 unspecified atom stereocenters. The highest BCUT2D eigenvalue weighted by atomic mass is 16.5. The fourth-order valence-corrected chi connectivity index (χ4v) is 2.74. The number of nitrogens with zero attached hydrogens (tertiary/aromatic N) is 4. The van der Waals surface area contributed by atoms with Crippen molar-refractivity contribution in [3.63, 3.8) is 0 Å². The van der Waals surface area contributed by atoms with Gasteiger partial charge in [-0.2, -0.15) is 0 Å². The lowest BCUT2D eigenvalue weighted by atomic mass is 10.0. The van der Waals surface area contributed by atoms with Crippen LogP contribution < -0.4 is 4.74 Å². The average Bonchev–Trinajstić information content (AvgIpc) is 2.96. The Morgan fingerprint density at radius 2 is 2.22 bits per heavy atom. The summed E-state index contributed by atoms with van der Waals surface area (Å²) in [5, 5.41) is 10.2.